The first-order valence-electron chi connectivity index (χ1n) is 31.8. The van der Waals surface area contributed by atoms with Crippen molar-refractivity contribution in [2.45, 2.75) is 335 Å². The summed E-state index contributed by atoms with van der Waals surface area (Å²) in [6.07, 6.45) is 78.1. The van der Waals surface area contributed by atoms with Gasteiger partial charge in [0.05, 0.1) is 0 Å². The summed E-state index contributed by atoms with van der Waals surface area (Å²) in [7, 11) is 0. The van der Waals surface area contributed by atoms with Gasteiger partial charge in [0, 0.05) is 19.3 Å². The van der Waals surface area contributed by atoms with Crippen LogP contribution in [0.25, 0.3) is 0 Å². The molecule has 0 bridgehead atoms. The number of rotatable bonds is 58. The largest absolute Gasteiger partial charge is 0.462 e. The summed E-state index contributed by atoms with van der Waals surface area (Å²) < 4.78 is 16.9. The van der Waals surface area contributed by atoms with Crippen LogP contribution in [0.4, 0.5) is 0 Å². The molecule has 0 heterocycles. The van der Waals surface area contributed by atoms with E-state index in [1.54, 1.807) is 0 Å². The van der Waals surface area contributed by atoms with E-state index in [4.69, 9.17) is 14.2 Å². The van der Waals surface area contributed by atoms with Crippen molar-refractivity contribution in [3.05, 3.63) is 60.8 Å². The third-order valence-electron chi connectivity index (χ3n) is 14.0. The lowest BCUT2D eigenvalue weighted by molar-refractivity contribution is -0.167. The van der Waals surface area contributed by atoms with Crippen LogP contribution in [0.2, 0.25) is 0 Å². The Morgan fingerprint density at radius 1 is 0.288 bits per heavy atom. The zero-order chi connectivity index (χ0) is 52.9. The van der Waals surface area contributed by atoms with Gasteiger partial charge >= 0.3 is 17.9 Å². The van der Waals surface area contributed by atoms with Crippen molar-refractivity contribution >= 4 is 17.9 Å². The van der Waals surface area contributed by atoms with Gasteiger partial charge in [0.25, 0.3) is 0 Å². The average Bonchev–Trinajstić information content (AvgIpc) is 3.39. The molecule has 73 heavy (non-hydrogen) atoms. The summed E-state index contributed by atoms with van der Waals surface area (Å²) in [6, 6.07) is 0. The molecule has 0 rings (SSSR count). The molecule has 0 radical (unpaired) electrons. The molecular weight excluding hydrogens is 901 g/mol. The predicted octanol–water partition coefficient (Wildman–Crippen LogP) is 21.6. The number of hydrogen-bond acceptors (Lipinski definition) is 6. The van der Waals surface area contributed by atoms with E-state index < -0.39 is 6.10 Å². The third-order valence-corrected chi connectivity index (χ3v) is 14.0. The van der Waals surface area contributed by atoms with E-state index in [2.05, 4.69) is 81.5 Å². The van der Waals surface area contributed by atoms with E-state index in [1.165, 1.54) is 199 Å². The molecular formula is C67H120O6. The fourth-order valence-electron chi connectivity index (χ4n) is 9.25. The minimum absolute atomic E-state index is 0.0745. The van der Waals surface area contributed by atoms with Crippen LogP contribution in [-0.4, -0.2) is 37.2 Å². The normalized spacial score (nSPS) is 12.4. The first-order valence-corrected chi connectivity index (χ1v) is 31.8. The maximum atomic E-state index is 12.9. The monoisotopic (exact) mass is 1020 g/mol. The van der Waals surface area contributed by atoms with Gasteiger partial charge in [0.2, 0.25) is 0 Å². The summed E-state index contributed by atoms with van der Waals surface area (Å²) in [6.45, 7) is 6.54. The van der Waals surface area contributed by atoms with Crippen LogP contribution in [0.15, 0.2) is 60.8 Å². The highest BCUT2D eigenvalue weighted by atomic mass is 16.6. The molecule has 0 fully saturated rings. The second kappa shape index (κ2) is 61.7. The molecule has 6 nitrogen and oxygen atoms in total. The van der Waals surface area contributed by atoms with E-state index in [0.717, 1.165) is 89.9 Å². The quantitative estimate of drug-likeness (QED) is 0.0261. The van der Waals surface area contributed by atoms with Gasteiger partial charge in [-0.1, -0.05) is 287 Å². The lowest BCUT2D eigenvalue weighted by Gasteiger charge is -2.18. The van der Waals surface area contributed by atoms with Crippen molar-refractivity contribution in [2.75, 3.05) is 13.2 Å². The number of ether oxygens (including phenoxy) is 3. The molecule has 1 unspecified atom stereocenters. The van der Waals surface area contributed by atoms with Gasteiger partial charge < -0.3 is 14.2 Å². The van der Waals surface area contributed by atoms with Crippen molar-refractivity contribution in [1.82, 2.24) is 0 Å². The van der Waals surface area contributed by atoms with Gasteiger partial charge in [-0.05, 0) is 83.5 Å². The van der Waals surface area contributed by atoms with E-state index in [0.29, 0.717) is 19.3 Å². The molecule has 0 amide bonds. The summed E-state index contributed by atoms with van der Waals surface area (Å²) in [5.41, 5.74) is 0. The standard InChI is InChI=1S/C67H120O6/c1-4-7-10-13-16-19-21-23-25-27-29-31-32-33-34-36-37-39-41-43-45-48-51-54-57-60-66(69)72-63-64(62-71-65(68)59-56-53-50-47-18-15-12-9-6-3)73-67(70)61-58-55-52-49-46-44-42-40-38-35-30-28-26-24-22-20-17-14-11-8-5-2/h8,11,17,20,24,26-27,29-30,35,64H,4-7,9-10,12-16,18-19,21-23,25,28,31-34,36-63H2,1-3H3/b11-8-,20-17-,26-24-,29-27-,35-30-. The number of hydrogen-bond donors (Lipinski definition) is 0. The Morgan fingerprint density at radius 3 is 0.849 bits per heavy atom. The van der Waals surface area contributed by atoms with E-state index in [-0.39, 0.29) is 31.1 Å². The Balaban J connectivity index is 4.19. The van der Waals surface area contributed by atoms with Crippen LogP contribution >= 0.6 is 0 Å². The van der Waals surface area contributed by atoms with Crippen molar-refractivity contribution < 1.29 is 28.6 Å². The van der Waals surface area contributed by atoms with Crippen molar-refractivity contribution in [3.8, 4) is 0 Å². The number of carbonyl (C=O) groups excluding carboxylic acids is 3. The molecule has 0 aliphatic heterocycles. The smallest absolute Gasteiger partial charge is 0.306 e. The first-order chi connectivity index (χ1) is 36.0. The Morgan fingerprint density at radius 2 is 0.534 bits per heavy atom. The number of esters is 3. The second-order valence-corrected chi connectivity index (χ2v) is 21.3. The maximum Gasteiger partial charge on any atom is 0.306 e. The summed E-state index contributed by atoms with van der Waals surface area (Å²) in [4.78, 5) is 38.2. The van der Waals surface area contributed by atoms with Gasteiger partial charge in [0.1, 0.15) is 13.2 Å². The highest BCUT2D eigenvalue weighted by Crippen LogP contribution is 2.17. The lowest BCUT2D eigenvalue weighted by atomic mass is 10.0. The van der Waals surface area contributed by atoms with Crippen LogP contribution in [0.1, 0.15) is 329 Å². The van der Waals surface area contributed by atoms with Crippen molar-refractivity contribution in [1.29, 1.82) is 0 Å². The Bertz CT molecular complexity index is 1310. The summed E-state index contributed by atoms with van der Waals surface area (Å²) in [5.74, 6) is -0.870. The Kier molecular flexibility index (Phi) is 59.2. The molecule has 424 valence electrons. The number of allylic oxidation sites excluding steroid dienone is 10. The van der Waals surface area contributed by atoms with Gasteiger partial charge in [-0.15, -0.1) is 0 Å². The molecule has 0 saturated heterocycles. The van der Waals surface area contributed by atoms with Gasteiger partial charge in [-0.2, -0.15) is 0 Å². The van der Waals surface area contributed by atoms with Crippen LogP contribution in [0.3, 0.4) is 0 Å². The predicted molar refractivity (Wildman–Crippen MR) is 316 cm³/mol. The molecule has 0 aromatic carbocycles. The lowest BCUT2D eigenvalue weighted by Crippen LogP contribution is -2.30. The van der Waals surface area contributed by atoms with E-state index in [1.807, 2.05) is 0 Å². The molecule has 1 atom stereocenters. The summed E-state index contributed by atoms with van der Waals surface area (Å²) >= 11 is 0. The molecule has 6 heteroatoms. The molecule has 0 saturated carbocycles. The Hall–Kier alpha value is -2.89. The van der Waals surface area contributed by atoms with Gasteiger partial charge in [0.15, 0.2) is 6.10 Å². The zero-order valence-corrected chi connectivity index (χ0v) is 48.7. The molecule has 0 aliphatic rings. The minimum atomic E-state index is -0.776. The minimum Gasteiger partial charge on any atom is -0.462 e. The van der Waals surface area contributed by atoms with Gasteiger partial charge in [-0.25, -0.2) is 0 Å². The molecule has 0 aliphatic carbocycles. The highest BCUT2D eigenvalue weighted by Gasteiger charge is 2.19. The SMILES string of the molecule is CC/C=C\C/C=C\C/C=C\C/C=C\CCCCCCCCCCC(=O)OC(COC(=O)CCCCCCCCCCC)COC(=O)CCCCCCCCCCCCCCC/C=C\CCCCCCCCCC. The number of carbonyl (C=O) groups is 3. The number of unbranched alkanes of at least 4 members (excludes halogenated alkanes) is 37. The topological polar surface area (TPSA) is 78.9 Å². The highest BCUT2D eigenvalue weighted by molar-refractivity contribution is 5.71. The van der Waals surface area contributed by atoms with Crippen molar-refractivity contribution in [3.63, 3.8) is 0 Å². The summed E-state index contributed by atoms with van der Waals surface area (Å²) in [5, 5.41) is 0. The van der Waals surface area contributed by atoms with Crippen LogP contribution in [0, 0.1) is 0 Å². The molecule has 0 spiro atoms. The maximum absolute atomic E-state index is 12.9. The van der Waals surface area contributed by atoms with Crippen molar-refractivity contribution in [2.24, 2.45) is 0 Å². The average molecular weight is 1020 g/mol. The zero-order valence-electron chi connectivity index (χ0n) is 48.7. The fourth-order valence-corrected chi connectivity index (χ4v) is 9.25. The molecule has 0 aromatic rings. The van der Waals surface area contributed by atoms with Gasteiger partial charge in [-0.3, -0.25) is 14.4 Å². The molecule has 0 N–H and O–H groups in total. The second-order valence-electron chi connectivity index (χ2n) is 21.3. The third kappa shape index (κ3) is 59.9. The van der Waals surface area contributed by atoms with E-state index in [9.17, 15) is 14.4 Å². The van der Waals surface area contributed by atoms with Crippen LogP contribution in [-0.2, 0) is 28.6 Å². The van der Waals surface area contributed by atoms with E-state index >= 15 is 0 Å². The fraction of sp³-hybridized carbons (Fsp3) is 0.806. The Labute approximate surface area is 453 Å². The van der Waals surface area contributed by atoms with Crippen LogP contribution < -0.4 is 0 Å². The first kappa shape index (κ1) is 70.1. The van der Waals surface area contributed by atoms with Crippen LogP contribution in [0.5, 0.6) is 0 Å². The molecule has 0 aromatic heterocycles.